The molecule has 148 valence electrons. The minimum Gasteiger partial charge on any atom is -0.480 e. The van der Waals surface area contributed by atoms with Gasteiger partial charge in [-0.05, 0) is 32.2 Å². The predicted octanol–water partition coefficient (Wildman–Crippen LogP) is 0.820. The van der Waals surface area contributed by atoms with E-state index in [9.17, 15) is 14.7 Å². The summed E-state index contributed by atoms with van der Waals surface area (Å²) < 4.78 is 7.03. The number of carboxylic acids is 1. The van der Waals surface area contributed by atoms with Gasteiger partial charge in [0.05, 0.1) is 6.61 Å². The van der Waals surface area contributed by atoms with Gasteiger partial charge < -0.3 is 20.6 Å². The number of rotatable bonds is 9. The first kappa shape index (κ1) is 19.2. The number of carbonyl (C=O) groups is 1. The maximum atomic E-state index is 12.3. The van der Waals surface area contributed by atoms with Crippen LogP contribution in [0.2, 0.25) is 0 Å². The number of carboxylic acid groups (broad SMARTS) is 1. The van der Waals surface area contributed by atoms with Crippen LogP contribution in [0.15, 0.2) is 4.79 Å². The molecule has 3 rings (SSSR count). The highest BCUT2D eigenvalue weighted by molar-refractivity contribution is 5.81. The van der Waals surface area contributed by atoms with Crippen molar-refractivity contribution in [2.24, 2.45) is 0 Å². The lowest BCUT2D eigenvalue weighted by molar-refractivity contribution is -0.142. The Morgan fingerprint density at radius 3 is 2.93 bits per heavy atom. The molecule has 1 atom stereocenters. The molecule has 0 saturated carbocycles. The van der Waals surface area contributed by atoms with Crippen molar-refractivity contribution in [2.45, 2.75) is 51.6 Å². The standard InChI is InChI=1S/C17H26N6O4/c1-2-3-10-27-16-20-13(18)12-14(21-16)23(17(26)19-12)9-5-8-22-7-4-6-11(22)15(24)25/h11H,2-10H2,1H3,(H,19,26)(H,24,25)(H2,18,20,21)/t11-/m0/s1. The minimum atomic E-state index is -0.786. The molecule has 0 amide bonds. The quantitative estimate of drug-likeness (QED) is 0.545. The Balaban J connectivity index is 1.72. The average molecular weight is 378 g/mol. The summed E-state index contributed by atoms with van der Waals surface area (Å²) in [6.45, 7) is 4.33. The van der Waals surface area contributed by atoms with Crippen molar-refractivity contribution in [2.75, 3.05) is 25.4 Å². The molecule has 1 fully saturated rings. The number of imidazole rings is 1. The number of unbranched alkanes of at least 4 members (excludes halogenated alkanes) is 1. The molecule has 0 spiro atoms. The predicted molar refractivity (Wildman–Crippen MR) is 99.8 cm³/mol. The molecule has 10 heteroatoms. The van der Waals surface area contributed by atoms with Crippen LogP contribution in [0.3, 0.4) is 0 Å². The van der Waals surface area contributed by atoms with Crippen LogP contribution in [-0.4, -0.2) is 61.2 Å². The van der Waals surface area contributed by atoms with Crippen LogP contribution in [-0.2, 0) is 11.3 Å². The monoisotopic (exact) mass is 378 g/mol. The second kappa shape index (κ2) is 8.38. The van der Waals surface area contributed by atoms with Crippen molar-refractivity contribution in [3.05, 3.63) is 10.5 Å². The normalized spacial score (nSPS) is 17.6. The molecule has 1 aliphatic heterocycles. The first-order valence-corrected chi connectivity index (χ1v) is 9.37. The molecule has 0 unspecified atom stereocenters. The third-order valence-electron chi connectivity index (χ3n) is 4.83. The number of nitrogens with one attached hydrogen (secondary N) is 1. The molecule has 0 radical (unpaired) electrons. The van der Waals surface area contributed by atoms with Crippen molar-refractivity contribution in [1.29, 1.82) is 0 Å². The van der Waals surface area contributed by atoms with Crippen LogP contribution in [0.1, 0.15) is 39.0 Å². The van der Waals surface area contributed by atoms with Crippen molar-refractivity contribution >= 4 is 23.0 Å². The highest BCUT2D eigenvalue weighted by Crippen LogP contribution is 2.20. The molecule has 3 heterocycles. The first-order valence-electron chi connectivity index (χ1n) is 9.37. The van der Waals surface area contributed by atoms with Crippen LogP contribution in [0.25, 0.3) is 11.2 Å². The van der Waals surface area contributed by atoms with Gasteiger partial charge in [-0.15, -0.1) is 0 Å². The van der Waals surface area contributed by atoms with Gasteiger partial charge >= 0.3 is 17.7 Å². The van der Waals surface area contributed by atoms with E-state index in [0.29, 0.717) is 43.7 Å². The van der Waals surface area contributed by atoms with Gasteiger partial charge in [0.15, 0.2) is 11.5 Å². The maximum absolute atomic E-state index is 12.3. The lowest BCUT2D eigenvalue weighted by Crippen LogP contribution is -2.37. The number of nitrogen functional groups attached to an aromatic ring is 1. The zero-order valence-electron chi connectivity index (χ0n) is 15.5. The zero-order valence-corrected chi connectivity index (χ0v) is 15.5. The van der Waals surface area contributed by atoms with Crippen LogP contribution < -0.4 is 16.2 Å². The lowest BCUT2D eigenvalue weighted by Gasteiger charge is -2.20. The highest BCUT2D eigenvalue weighted by Gasteiger charge is 2.29. The van der Waals surface area contributed by atoms with E-state index in [-0.39, 0.29) is 17.5 Å². The van der Waals surface area contributed by atoms with Gasteiger partial charge in [-0.2, -0.15) is 9.97 Å². The topological polar surface area (TPSA) is 139 Å². The van der Waals surface area contributed by atoms with Gasteiger partial charge in [-0.3, -0.25) is 14.3 Å². The second-order valence-electron chi connectivity index (χ2n) is 6.76. The molecule has 0 bridgehead atoms. The largest absolute Gasteiger partial charge is 0.480 e. The Morgan fingerprint density at radius 1 is 1.37 bits per heavy atom. The fourth-order valence-corrected chi connectivity index (χ4v) is 3.42. The summed E-state index contributed by atoms with van der Waals surface area (Å²) in [5.74, 6) is -0.612. The second-order valence-corrected chi connectivity index (χ2v) is 6.76. The third kappa shape index (κ3) is 4.21. The number of ether oxygens (including phenoxy) is 1. The number of H-pyrrole nitrogens is 1. The van der Waals surface area contributed by atoms with Crippen molar-refractivity contribution in [1.82, 2.24) is 24.4 Å². The third-order valence-corrected chi connectivity index (χ3v) is 4.83. The molecule has 0 aromatic carbocycles. The number of nitrogens with zero attached hydrogens (tertiary/aromatic N) is 4. The molecule has 2 aromatic heterocycles. The highest BCUT2D eigenvalue weighted by atomic mass is 16.5. The van der Waals surface area contributed by atoms with Crippen molar-refractivity contribution < 1.29 is 14.6 Å². The Morgan fingerprint density at radius 2 is 2.19 bits per heavy atom. The Hall–Kier alpha value is -2.62. The summed E-state index contributed by atoms with van der Waals surface area (Å²) in [6.07, 6.45) is 4.05. The molecular weight excluding hydrogens is 352 g/mol. The number of hydrogen-bond donors (Lipinski definition) is 3. The van der Waals surface area contributed by atoms with Gasteiger partial charge in [0.25, 0.3) is 0 Å². The van der Waals surface area contributed by atoms with Crippen LogP contribution in [0.4, 0.5) is 5.82 Å². The number of aromatic amines is 1. The lowest BCUT2D eigenvalue weighted by atomic mass is 10.2. The number of aryl methyl sites for hydroxylation is 1. The first-order chi connectivity index (χ1) is 13.0. The summed E-state index contributed by atoms with van der Waals surface area (Å²) in [6, 6.07) is -0.270. The zero-order chi connectivity index (χ0) is 19.4. The van der Waals surface area contributed by atoms with Crippen LogP contribution in [0, 0.1) is 0 Å². The van der Waals surface area contributed by atoms with E-state index in [1.807, 2.05) is 4.90 Å². The molecule has 4 N–H and O–H groups in total. The van der Waals surface area contributed by atoms with E-state index in [4.69, 9.17) is 10.5 Å². The van der Waals surface area contributed by atoms with Gasteiger partial charge in [0, 0.05) is 13.1 Å². The van der Waals surface area contributed by atoms with Crippen LogP contribution >= 0.6 is 0 Å². The smallest absolute Gasteiger partial charge is 0.327 e. The summed E-state index contributed by atoms with van der Waals surface area (Å²) in [5, 5.41) is 9.26. The molecular formula is C17H26N6O4. The number of aliphatic carboxylic acids is 1. The molecule has 1 aliphatic rings. The number of hydrogen-bond acceptors (Lipinski definition) is 7. The molecule has 2 aromatic rings. The fraction of sp³-hybridized carbons (Fsp3) is 0.647. The number of nitrogens with two attached hydrogens (primary N) is 1. The summed E-state index contributed by atoms with van der Waals surface area (Å²) in [7, 11) is 0. The van der Waals surface area contributed by atoms with Crippen LogP contribution in [0.5, 0.6) is 6.01 Å². The average Bonchev–Trinajstić information content (AvgIpc) is 3.21. The van der Waals surface area contributed by atoms with E-state index in [1.165, 1.54) is 4.57 Å². The molecule has 0 aliphatic carbocycles. The Kier molecular flexibility index (Phi) is 5.94. The van der Waals surface area contributed by atoms with Crippen molar-refractivity contribution in [3.8, 4) is 6.01 Å². The molecule has 10 nitrogen and oxygen atoms in total. The minimum absolute atomic E-state index is 0.159. The summed E-state index contributed by atoms with van der Waals surface area (Å²) >= 11 is 0. The van der Waals surface area contributed by atoms with E-state index in [1.54, 1.807) is 0 Å². The number of likely N-dealkylation sites (tertiary alicyclic amines) is 1. The Labute approximate surface area is 156 Å². The SMILES string of the molecule is CCCCOc1nc(N)c2[nH]c(=O)n(CCCN3CCC[C@H]3C(=O)O)c2n1. The maximum Gasteiger partial charge on any atom is 0.327 e. The number of anilines is 1. The van der Waals surface area contributed by atoms with Crippen molar-refractivity contribution in [3.63, 3.8) is 0 Å². The van der Waals surface area contributed by atoms with E-state index < -0.39 is 12.0 Å². The Bertz CT molecular complexity index is 861. The summed E-state index contributed by atoms with van der Waals surface area (Å²) in [5.41, 5.74) is 6.43. The van der Waals surface area contributed by atoms with Gasteiger partial charge in [0.2, 0.25) is 0 Å². The number of fused-ring (bicyclic) bond motifs is 1. The molecule has 27 heavy (non-hydrogen) atoms. The van der Waals surface area contributed by atoms with E-state index in [2.05, 4.69) is 21.9 Å². The van der Waals surface area contributed by atoms with E-state index in [0.717, 1.165) is 25.8 Å². The molecule has 1 saturated heterocycles. The van der Waals surface area contributed by atoms with Gasteiger partial charge in [-0.1, -0.05) is 13.3 Å². The fourth-order valence-electron chi connectivity index (χ4n) is 3.42. The van der Waals surface area contributed by atoms with E-state index >= 15 is 0 Å². The van der Waals surface area contributed by atoms with Gasteiger partial charge in [-0.25, -0.2) is 4.79 Å². The summed E-state index contributed by atoms with van der Waals surface area (Å²) in [4.78, 5) is 36.6. The number of aromatic nitrogens is 4. The van der Waals surface area contributed by atoms with Gasteiger partial charge in [0.1, 0.15) is 11.6 Å².